The molecule has 0 aliphatic carbocycles. The van der Waals surface area contributed by atoms with Crippen LogP contribution in [0.2, 0.25) is 5.02 Å². The van der Waals surface area contributed by atoms with Gasteiger partial charge in [-0.1, -0.05) is 17.7 Å². The lowest BCUT2D eigenvalue weighted by Crippen LogP contribution is -2.31. The number of amides is 1. The van der Waals surface area contributed by atoms with Crippen LogP contribution in [-0.4, -0.2) is 35.2 Å². The smallest absolute Gasteiger partial charge is 0.261 e. The molecule has 0 radical (unpaired) electrons. The Bertz CT molecular complexity index is 1300. The van der Waals surface area contributed by atoms with Gasteiger partial charge in [0.25, 0.3) is 15.9 Å². The van der Waals surface area contributed by atoms with Gasteiger partial charge in [-0.3, -0.25) is 9.52 Å². The highest BCUT2D eigenvalue weighted by Crippen LogP contribution is 2.30. The first-order valence-corrected chi connectivity index (χ1v) is 12.5. The number of sulfonamides is 1. The number of hydrogen-bond donors (Lipinski definition) is 2. The predicted octanol–water partition coefficient (Wildman–Crippen LogP) is 4.72. The van der Waals surface area contributed by atoms with Crippen molar-refractivity contribution in [1.82, 2.24) is 5.32 Å². The first-order valence-electron chi connectivity index (χ1n) is 10.7. The minimum Gasteiger partial charge on any atom is -0.493 e. The molecule has 0 spiro atoms. The molecule has 0 aromatic heterocycles. The van der Waals surface area contributed by atoms with E-state index in [1.54, 1.807) is 57.5 Å². The molecule has 186 valence electrons. The lowest BCUT2D eigenvalue weighted by molar-refractivity contribution is -0.123. The quantitative estimate of drug-likeness (QED) is 0.402. The third-order valence-corrected chi connectivity index (χ3v) is 6.83. The molecule has 0 unspecified atom stereocenters. The molecule has 0 saturated heterocycles. The number of benzene rings is 3. The van der Waals surface area contributed by atoms with Crippen molar-refractivity contribution in [2.45, 2.75) is 24.8 Å². The summed E-state index contributed by atoms with van der Waals surface area (Å²) in [4.78, 5) is 12.5. The third kappa shape index (κ3) is 6.80. The van der Waals surface area contributed by atoms with Gasteiger partial charge in [0.05, 0.1) is 25.2 Å². The van der Waals surface area contributed by atoms with Crippen LogP contribution in [0, 0.1) is 6.92 Å². The minimum absolute atomic E-state index is 0.0730. The predicted molar refractivity (Wildman–Crippen MR) is 135 cm³/mol. The zero-order valence-corrected chi connectivity index (χ0v) is 21.4. The Morgan fingerprint density at radius 3 is 2.23 bits per heavy atom. The Morgan fingerprint density at radius 1 is 0.943 bits per heavy atom. The fourth-order valence-electron chi connectivity index (χ4n) is 3.31. The maximum absolute atomic E-state index is 12.7. The number of carbonyl (C=O) groups excluding carboxylic acids is 1. The van der Waals surface area contributed by atoms with E-state index < -0.39 is 10.0 Å². The van der Waals surface area contributed by atoms with Crippen molar-refractivity contribution in [1.29, 1.82) is 0 Å². The number of anilines is 1. The molecule has 2 N–H and O–H groups in total. The van der Waals surface area contributed by atoms with E-state index in [0.717, 1.165) is 5.56 Å². The van der Waals surface area contributed by atoms with Crippen LogP contribution in [0.5, 0.6) is 17.2 Å². The number of rotatable bonds is 10. The van der Waals surface area contributed by atoms with Gasteiger partial charge in [0.1, 0.15) is 5.75 Å². The molecular formula is C25H27ClN2O6S. The topological polar surface area (TPSA) is 103 Å². The van der Waals surface area contributed by atoms with Crippen LogP contribution in [0.4, 0.5) is 5.69 Å². The summed E-state index contributed by atoms with van der Waals surface area (Å²) in [5.74, 6) is 1.25. The first-order chi connectivity index (χ1) is 16.6. The molecule has 35 heavy (non-hydrogen) atoms. The highest BCUT2D eigenvalue weighted by atomic mass is 35.5. The summed E-state index contributed by atoms with van der Waals surface area (Å²) in [6.07, 6.45) is 0. The molecule has 0 aliphatic heterocycles. The van der Waals surface area contributed by atoms with Crippen molar-refractivity contribution in [2.75, 3.05) is 25.5 Å². The molecule has 3 aromatic rings. The summed E-state index contributed by atoms with van der Waals surface area (Å²) in [6.45, 7) is 3.33. The summed E-state index contributed by atoms with van der Waals surface area (Å²) in [5, 5.41) is 3.37. The largest absolute Gasteiger partial charge is 0.493 e. The van der Waals surface area contributed by atoms with Gasteiger partial charge in [-0.2, -0.15) is 0 Å². The lowest BCUT2D eigenvalue weighted by atomic mass is 10.1. The lowest BCUT2D eigenvalue weighted by Gasteiger charge is -2.17. The van der Waals surface area contributed by atoms with E-state index in [9.17, 15) is 13.2 Å². The van der Waals surface area contributed by atoms with Crippen LogP contribution < -0.4 is 24.2 Å². The number of ether oxygens (including phenoxy) is 3. The Morgan fingerprint density at radius 2 is 1.60 bits per heavy atom. The fourth-order valence-corrected chi connectivity index (χ4v) is 4.58. The average molecular weight is 519 g/mol. The van der Waals surface area contributed by atoms with Crippen molar-refractivity contribution in [3.05, 3.63) is 76.8 Å². The molecule has 1 amide bonds. The zero-order valence-electron chi connectivity index (χ0n) is 19.8. The molecule has 3 aromatic carbocycles. The van der Waals surface area contributed by atoms with Crippen LogP contribution in [0.25, 0.3) is 0 Å². The van der Waals surface area contributed by atoms with E-state index in [1.165, 1.54) is 18.2 Å². The first kappa shape index (κ1) is 26.2. The summed E-state index contributed by atoms with van der Waals surface area (Å²) in [5.41, 5.74) is 1.81. The fraction of sp³-hybridized carbons (Fsp3) is 0.240. The molecule has 0 bridgehead atoms. The third-order valence-electron chi connectivity index (χ3n) is 5.20. The van der Waals surface area contributed by atoms with Crippen LogP contribution in [-0.2, 0) is 14.8 Å². The number of methoxy groups -OCH3 is 2. The van der Waals surface area contributed by atoms with Crippen molar-refractivity contribution in [3.63, 3.8) is 0 Å². The van der Waals surface area contributed by atoms with E-state index in [-0.39, 0.29) is 23.5 Å². The summed E-state index contributed by atoms with van der Waals surface area (Å²) in [7, 11) is -0.699. The zero-order chi connectivity index (χ0) is 25.6. The second kappa shape index (κ2) is 11.3. The highest BCUT2D eigenvalue weighted by Gasteiger charge is 2.17. The second-order valence-electron chi connectivity index (χ2n) is 7.73. The molecule has 0 saturated carbocycles. The Balaban J connectivity index is 1.60. The SMILES string of the molecule is COc1ccc([C@H](C)NC(=O)COc2ccc(S(=O)(=O)Nc3ccc(Cl)cc3)cc2C)cc1OC. The van der Waals surface area contributed by atoms with Crippen molar-refractivity contribution in [3.8, 4) is 17.2 Å². The molecule has 8 nitrogen and oxygen atoms in total. The molecule has 3 rings (SSSR count). The maximum atomic E-state index is 12.7. The second-order valence-corrected chi connectivity index (χ2v) is 9.85. The van der Waals surface area contributed by atoms with Crippen LogP contribution in [0.1, 0.15) is 24.1 Å². The molecule has 0 fully saturated rings. The number of hydrogen-bond acceptors (Lipinski definition) is 6. The van der Waals surface area contributed by atoms with E-state index in [1.807, 2.05) is 13.0 Å². The van der Waals surface area contributed by atoms with Crippen molar-refractivity contribution < 1.29 is 27.4 Å². The summed E-state index contributed by atoms with van der Waals surface area (Å²) in [6, 6.07) is 15.9. The maximum Gasteiger partial charge on any atom is 0.261 e. The van der Waals surface area contributed by atoms with Crippen LogP contribution in [0.3, 0.4) is 0 Å². The van der Waals surface area contributed by atoms with Crippen molar-refractivity contribution in [2.24, 2.45) is 0 Å². The monoisotopic (exact) mass is 518 g/mol. The molecule has 0 heterocycles. The Labute approximate surface area is 210 Å². The van der Waals surface area contributed by atoms with Crippen LogP contribution >= 0.6 is 11.6 Å². The van der Waals surface area contributed by atoms with Gasteiger partial charge in [0.15, 0.2) is 18.1 Å². The summed E-state index contributed by atoms with van der Waals surface area (Å²) < 4.78 is 44.1. The van der Waals surface area contributed by atoms with Gasteiger partial charge in [-0.05, 0) is 79.6 Å². The van der Waals surface area contributed by atoms with Crippen LogP contribution in [0.15, 0.2) is 65.6 Å². The Hall–Kier alpha value is -3.43. The summed E-state index contributed by atoms with van der Waals surface area (Å²) >= 11 is 5.84. The van der Waals surface area contributed by atoms with Gasteiger partial charge in [0, 0.05) is 10.7 Å². The number of halogens is 1. The van der Waals surface area contributed by atoms with Gasteiger partial charge in [0.2, 0.25) is 0 Å². The standard InChI is InChI=1S/C25H27ClN2O6S/c1-16-13-21(35(30,31)28-20-8-6-19(26)7-9-20)10-12-22(16)34-15-25(29)27-17(2)18-5-11-23(32-3)24(14-18)33-4/h5-14,17,28H,15H2,1-4H3,(H,27,29)/t17-/m0/s1. The number of nitrogens with one attached hydrogen (secondary N) is 2. The number of aryl methyl sites for hydroxylation is 1. The molecular weight excluding hydrogens is 492 g/mol. The van der Waals surface area contributed by atoms with E-state index in [4.69, 9.17) is 25.8 Å². The van der Waals surface area contributed by atoms with E-state index >= 15 is 0 Å². The molecule has 0 aliphatic rings. The van der Waals surface area contributed by atoms with Gasteiger partial charge < -0.3 is 19.5 Å². The average Bonchev–Trinajstić information content (AvgIpc) is 2.84. The molecule has 1 atom stereocenters. The minimum atomic E-state index is -3.80. The van der Waals surface area contributed by atoms with Gasteiger partial charge in [-0.15, -0.1) is 0 Å². The Kier molecular flexibility index (Phi) is 8.48. The van der Waals surface area contributed by atoms with Gasteiger partial charge >= 0.3 is 0 Å². The normalized spacial score (nSPS) is 11.9. The van der Waals surface area contributed by atoms with Crippen molar-refractivity contribution >= 4 is 33.2 Å². The molecule has 10 heteroatoms. The highest BCUT2D eigenvalue weighted by molar-refractivity contribution is 7.92. The number of carbonyl (C=O) groups is 1. The van der Waals surface area contributed by atoms with E-state index in [2.05, 4.69) is 10.0 Å². The van der Waals surface area contributed by atoms with Gasteiger partial charge in [-0.25, -0.2) is 8.42 Å². The van der Waals surface area contributed by atoms with E-state index in [0.29, 0.717) is 33.5 Å².